The van der Waals surface area contributed by atoms with Crippen LogP contribution in [0.5, 0.6) is 0 Å². The van der Waals surface area contributed by atoms with Gasteiger partial charge in [0.15, 0.2) is 0 Å². The number of halogens is 2. The summed E-state index contributed by atoms with van der Waals surface area (Å²) >= 11 is 11.8. The average molecular weight is 458 g/mol. The lowest BCUT2D eigenvalue weighted by atomic mass is 10.1. The number of carbonyl (C=O) groups excluding carboxylic acids is 1. The Kier molecular flexibility index (Phi) is 6.13. The van der Waals surface area contributed by atoms with Crippen LogP contribution in [0.4, 0.5) is 5.69 Å². The summed E-state index contributed by atoms with van der Waals surface area (Å²) in [6, 6.07) is 8.30. The summed E-state index contributed by atoms with van der Waals surface area (Å²) < 4.78 is 26.9. The van der Waals surface area contributed by atoms with E-state index in [4.69, 9.17) is 23.2 Å². The molecule has 0 atom stereocenters. The number of carbonyl (C=O) groups is 1. The molecule has 29 heavy (non-hydrogen) atoms. The third kappa shape index (κ3) is 4.37. The van der Waals surface area contributed by atoms with Crippen molar-refractivity contribution in [3.05, 3.63) is 67.7 Å². The third-order valence-corrected chi connectivity index (χ3v) is 7.33. The molecule has 0 N–H and O–H groups in total. The number of nitro benzene ring substituents is 1. The van der Waals surface area contributed by atoms with Crippen molar-refractivity contribution in [2.75, 3.05) is 26.2 Å². The molecule has 0 spiro atoms. The molecule has 8 nitrogen and oxygen atoms in total. The fraction of sp³-hybridized carbons (Fsp3) is 0.278. The minimum Gasteiger partial charge on any atom is -0.336 e. The zero-order valence-corrected chi connectivity index (χ0v) is 17.7. The number of amides is 1. The standard InChI is InChI=1S/C18H17Cl2N3O5S/c1-12-10-13(2-5-17(12)23(25)26)18(24)21-6-8-22(9-7-21)29(27,28)14-3-4-15(19)16(20)11-14/h2-5,10-11H,6-9H2,1H3. The number of nitro groups is 1. The van der Waals surface area contributed by atoms with Crippen LogP contribution in [0.3, 0.4) is 0 Å². The summed E-state index contributed by atoms with van der Waals surface area (Å²) in [6.07, 6.45) is 0. The Morgan fingerprint density at radius 2 is 1.69 bits per heavy atom. The highest BCUT2D eigenvalue weighted by Gasteiger charge is 2.31. The van der Waals surface area contributed by atoms with Crippen LogP contribution in [0.25, 0.3) is 0 Å². The molecule has 1 fully saturated rings. The molecule has 1 aliphatic rings. The van der Waals surface area contributed by atoms with Crippen molar-refractivity contribution in [2.24, 2.45) is 0 Å². The number of nitrogens with zero attached hydrogens (tertiary/aromatic N) is 3. The van der Waals surface area contributed by atoms with Crippen molar-refractivity contribution in [1.82, 2.24) is 9.21 Å². The number of hydrogen-bond donors (Lipinski definition) is 0. The minimum absolute atomic E-state index is 0.0395. The molecule has 3 rings (SSSR count). The lowest BCUT2D eigenvalue weighted by Gasteiger charge is -2.34. The molecule has 0 radical (unpaired) electrons. The van der Waals surface area contributed by atoms with Gasteiger partial charge >= 0.3 is 0 Å². The molecule has 2 aromatic carbocycles. The summed E-state index contributed by atoms with van der Waals surface area (Å²) in [5.74, 6) is -0.297. The molecule has 0 unspecified atom stereocenters. The lowest BCUT2D eigenvalue weighted by Crippen LogP contribution is -2.50. The summed E-state index contributed by atoms with van der Waals surface area (Å²) in [4.78, 5) is 24.7. The van der Waals surface area contributed by atoms with E-state index < -0.39 is 14.9 Å². The van der Waals surface area contributed by atoms with Crippen LogP contribution < -0.4 is 0 Å². The predicted octanol–water partition coefficient (Wildman–Crippen LogP) is 3.36. The molecular formula is C18H17Cl2N3O5S. The Bertz CT molecular complexity index is 1080. The van der Waals surface area contributed by atoms with Gasteiger partial charge in [-0.05, 0) is 37.3 Å². The van der Waals surface area contributed by atoms with Gasteiger partial charge in [0, 0.05) is 43.4 Å². The van der Waals surface area contributed by atoms with Crippen molar-refractivity contribution in [1.29, 1.82) is 0 Å². The van der Waals surface area contributed by atoms with Crippen molar-refractivity contribution < 1.29 is 18.1 Å². The molecule has 0 bridgehead atoms. The Morgan fingerprint density at radius 1 is 1.03 bits per heavy atom. The van der Waals surface area contributed by atoms with E-state index in [1.807, 2.05) is 0 Å². The van der Waals surface area contributed by atoms with Crippen LogP contribution in [-0.4, -0.2) is 54.6 Å². The van der Waals surface area contributed by atoms with Crippen molar-refractivity contribution >= 4 is 44.8 Å². The van der Waals surface area contributed by atoms with Crippen LogP contribution in [0.2, 0.25) is 10.0 Å². The van der Waals surface area contributed by atoms with Gasteiger partial charge in [0.1, 0.15) is 0 Å². The summed E-state index contributed by atoms with van der Waals surface area (Å²) in [5, 5.41) is 11.3. The molecule has 1 aliphatic heterocycles. The van der Waals surface area contributed by atoms with Crippen LogP contribution in [0.15, 0.2) is 41.3 Å². The zero-order chi connectivity index (χ0) is 21.3. The van der Waals surface area contributed by atoms with Gasteiger partial charge in [-0.2, -0.15) is 4.31 Å². The fourth-order valence-corrected chi connectivity index (χ4v) is 4.91. The zero-order valence-electron chi connectivity index (χ0n) is 15.3. The Hall–Kier alpha value is -2.20. The van der Waals surface area contributed by atoms with E-state index in [0.29, 0.717) is 11.1 Å². The number of hydrogen-bond acceptors (Lipinski definition) is 5. The third-order valence-electron chi connectivity index (χ3n) is 4.70. The van der Waals surface area contributed by atoms with E-state index in [0.717, 1.165) is 0 Å². The SMILES string of the molecule is Cc1cc(C(=O)N2CCN(S(=O)(=O)c3ccc(Cl)c(Cl)c3)CC2)ccc1[N+](=O)[O-]. The first-order valence-electron chi connectivity index (χ1n) is 8.61. The van der Waals surface area contributed by atoms with Crippen LogP contribution >= 0.6 is 23.2 Å². The summed E-state index contributed by atoms with van der Waals surface area (Å²) in [6.45, 7) is 2.22. The van der Waals surface area contributed by atoms with Gasteiger partial charge in [-0.25, -0.2) is 8.42 Å². The second-order valence-corrected chi connectivity index (χ2v) is 9.28. The summed E-state index contributed by atoms with van der Waals surface area (Å²) in [5.41, 5.74) is 0.662. The van der Waals surface area contributed by atoms with E-state index >= 15 is 0 Å². The lowest BCUT2D eigenvalue weighted by molar-refractivity contribution is -0.385. The Balaban J connectivity index is 1.71. The van der Waals surface area contributed by atoms with Gasteiger partial charge in [-0.1, -0.05) is 23.2 Å². The number of aryl methyl sites for hydroxylation is 1. The molecular weight excluding hydrogens is 441 g/mol. The van der Waals surface area contributed by atoms with E-state index in [9.17, 15) is 23.3 Å². The van der Waals surface area contributed by atoms with Gasteiger partial charge < -0.3 is 4.90 Å². The van der Waals surface area contributed by atoms with Gasteiger partial charge in [-0.3, -0.25) is 14.9 Å². The van der Waals surface area contributed by atoms with Crippen LogP contribution in [0.1, 0.15) is 15.9 Å². The highest BCUT2D eigenvalue weighted by Crippen LogP contribution is 2.27. The topological polar surface area (TPSA) is 101 Å². The number of rotatable bonds is 4. The molecule has 154 valence electrons. The summed E-state index contributed by atoms with van der Waals surface area (Å²) in [7, 11) is -3.76. The highest BCUT2D eigenvalue weighted by atomic mass is 35.5. The quantitative estimate of drug-likeness (QED) is 0.517. The minimum atomic E-state index is -3.76. The molecule has 0 aromatic heterocycles. The first kappa shape index (κ1) is 21.5. The van der Waals surface area contributed by atoms with E-state index in [2.05, 4.69) is 0 Å². The monoisotopic (exact) mass is 457 g/mol. The molecule has 0 saturated carbocycles. The molecule has 0 aliphatic carbocycles. The molecule has 1 heterocycles. The average Bonchev–Trinajstić information content (AvgIpc) is 2.69. The van der Waals surface area contributed by atoms with E-state index in [1.54, 1.807) is 6.92 Å². The molecule has 11 heteroatoms. The maximum atomic E-state index is 12.8. The maximum absolute atomic E-state index is 12.8. The predicted molar refractivity (Wildman–Crippen MR) is 109 cm³/mol. The van der Waals surface area contributed by atoms with Gasteiger partial charge in [0.25, 0.3) is 11.6 Å². The fourth-order valence-electron chi connectivity index (χ4n) is 3.09. The van der Waals surface area contributed by atoms with Crippen molar-refractivity contribution in [2.45, 2.75) is 11.8 Å². The van der Waals surface area contributed by atoms with Crippen LogP contribution in [0, 0.1) is 17.0 Å². The van der Waals surface area contributed by atoms with E-state index in [1.165, 1.54) is 45.6 Å². The number of piperazine rings is 1. The first-order chi connectivity index (χ1) is 13.6. The Morgan fingerprint density at radius 3 is 2.24 bits per heavy atom. The van der Waals surface area contributed by atoms with Gasteiger partial charge in [0.2, 0.25) is 10.0 Å². The highest BCUT2D eigenvalue weighted by molar-refractivity contribution is 7.89. The van der Waals surface area contributed by atoms with Crippen molar-refractivity contribution in [3.8, 4) is 0 Å². The largest absolute Gasteiger partial charge is 0.336 e. The van der Waals surface area contributed by atoms with Gasteiger partial charge in [0.05, 0.1) is 19.9 Å². The van der Waals surface area contributed by atoms with Gasteiger partial charge in [-0.15, -0.1) is 0 Å². The van der Waals surface area contributed by atoms with Crippen molar-refractivity contribution in [3.63, 3.8) is 0 Å². The number of sulfonamides is 1. The van der Waals surface area contributed by atoms with E-state index in [-0.39, 0.29) is 52.7 Å². The second-order valence-electron chi connectivity index (χ2n) is 6.53. The maximum Gasteiger partial charge on any atom is 0.272 e. The smallest absolute Gasteiger partial charge is 0.272 e. The number of benzene rings is 2. The second kappa shape index (κ2) is 8.27. The molecule has 1 amide bonds. The molecule has 1 saturated heterocycles. The normalized spacial score (nSPS) is 15.3. The Labute approximate surface area is 177 Å². The first-order valence-corrected chi connectivity index (χ1v) is 10.8. The van der Waals surface area contributed by atoms with Crippen LogP contribution in [-0.2, 0) is 10.0 Å². The molecule has 2 aromatic rings.